The van der Waals surface area contributed by atoms with E-state index in [2.05, 4.69) is 15.1 Å². The van der Waals surface area contributed by atoms with Gasteiger partial charge in [-0.3, -0.25) is 4.79 Å². The molecule has 2 aromatic heterocycles. The van der Waals surface area contributed by atoms with Crippen LogP contribution < -0.4 is 5.56 Å². The monoisotopic (exact) mass is 382 g/mol. The van der Waals surface area contributed by atoms with E-state index in [1.807, 2.05) is 55.5 Å². The maximum atomic E-state index is 12.4. The van der Waals surface area contributed by atoms with Gasteiger partial charge in [0.15, 0.2) is 10.8 Å². The van der Waals surface area contributed by atoms with Crippen LogP contribution in [0, 0.1) is 6.92 Å². The van der Waals surface area contributed by atoms with Gasteiger partial charge in [-0.25, -0.2) is 9.67 Å². The Balaban J connectivity index is 1.71. The summed E-state index contributed by atoms with van der Waals surface area (Å²) in [6.07, 6.45) is 1.55. The van der Waals surface area contributed by atoms with Crippen molar-refractivity contribution in [3.8, 4) is 5.69 Å². The van der Waals surface area contributed by atoms with Gasteiger partial charge in [0.1, 0.15) is 5.39 Å². The van der Waals surface area contributed by atoms with Crippen molar-refractivity contribution in [2.75, 3.05) is 0 Å². The molecular formula is C19H15ClN4OS. The molecule has 0 spiro atoms. The maximum absolute atomic E-state index is 12.4. The van der Waals surface area contributed by atoms with Crippen LogP contribution in [-0.4, -0.2) is 19.7 Å². The molecule has 0 unspecified atom stereocenters. The Morgan fingerprint density at radius 2 is 2.04 bits per heavy atom. The molecule has 0 saturated carbocycles. The van der Waals surface area contributed by atoms with Crippen molar-refractivity contribution in [2.24, 2.45) is 0 Å². The highest BCUT2D eigenvalue weighted by molar-refractivity contribution is 7.98. The van der Waals surface area contributed by atoms with E-state index >= 15 is 0 Å². The molecule has 1 N–H and O–H groups in total. The number of halogens is 1. The van der Waals surface area contributed by atoms with Crippen LogP contribution in [0.15, 0.2) is 64.7 Å². The van der Waals surface area contributed by atoms with Gasteiger partial charge in [-0.15, -0.1) is 0 Å². The van der Waals surface area contributed by atoms with Gasteiger partial charge < -0.3 is 4.98 Å². The molecule has 4 aromatic rings. The third-order valence-electron chi connectivity index (χ3n) is 3.93. The second-order valence-electron chi connectivity index (χ2n) is 5.92. The van der Waals surface area contributed by atoms with Crippen LogP contribution in [0.2, 0.25) is 5.02 Å². The predicted molar refractivity (Wildman–Crippen MR) is 105 cm³/mol. The molecule has 2 heterocycles. The van der Waals surface area contributed by atoms with Gasteiger partial charge in [0, 0.05) is 10.8 Å². The number of hydrogen-bond donors (Lipinski definition) is 1. The lowest BCUT2D eigenvalue weighted by Crippen LogP contribution is -2.09. The Labute approximate surface area is 159 Å². The molecule has 2 aromatic carbocycles. The summed E-state index contributed by atoms with van der Waals surface area (Å²) in [6, 6.07) is 15.6. The summed E-state index contributed by atoms with van der Waals surface area (Å²) in [5.74, 6) is 0.660. The van der Waals surface area contributed by atoms with Gasteiger partial charge in [0.05, 0.1) is 11.9 Å². The molecule has 0 atom stereocenters. The number of nitrogens with one attached hydrogen (secondary N) is 1. The van der Waals surface area contributed by atoms with Crippen LogP contribution >= 0.6 is 23.4 Å². The lowest BCUT2D eigenvalue weighted by atomic mass is 10.2. The lowest BCUT2D eigenvalue weighted by molar-refractivity contribution is 0.872. The van der Waals surface area contributed by atoms with E-state index in [0.717, 1.165) is 16.8 Å². The van der Waals surface area contributed by atoms with Crippen molar-refractivity contribution in [3.63, 3.8) is 0 Å². The minimum Gasteiger partial charge on any atom is -0.301 e. The van der Waals surface area contributed by atoms with Crippen molar-refractivity contribution >= 4 is 34.4 Å². The molecule has 26 heavy (non-hydrogen) atoms. The van der Waals surface area contributed by atoms with Crippen LogP contribution in [0.25, 0.3) is 16.7 Å². The summed E-state index contributed by atoms with van der Waals surface area (Å²) >= 11 is 7.48. The number of fused-ring (bicyclic) bond motifs is 1. The SMILES string of the molecule is Cc1cccc(-n2ncc3c(=O)[nH]c(SCc4cccc(Cl)c4)nc32)c1. The summed E-state index contributed by atoms with van der Waals surface area (Å²) in [5.41, 5.74) is 3.42. The van der Waals surface area contributed by atoms with Crippen LogP contribution in [0.3, 0.4) is 0 Å². The molecule has 7 heteroatoms. The number of aromatic amines is 1. The number of H-pyrrole nitrogens is 1. The van der Waals surface area contributed by atoms with Gasteiger partial charge in [-0.05, 0) is 42.3 Å². The zero-order valence-corrected chi connectivity index (χ0v) is 15.5. The first-order chi connectivity index (χ1) is 12.6. The minimum absolute atomic E-state index is 0.192. The van der Waals surface area contributed by atoms with Crippen molar-refractivity contribution in [2.45, 2.75) is 17.8 Å². The highest BCUT2D eigenvalue weighted by atomic mass is 35.5. The molecule has 4 rings (SSSR count). The molecule has 0 aliphatic heterocycles. The Morgan fingerprint density at radius 3 is 2.85 bits per heavy atom. The molecular weight excluding hydrogens is 368 g/mol. The Hall–Kier alpha value is -2.57. The number of rotatable bonds is 4. The van der Waals surface area contributed by atoms with Gasteiger partial charge in [0.2, 0.25) is 0 Å². The van der Waals surface area contributed by atoms with E-state index in [9.17, 15) is 4.79 Å². The normalized spacial score (nSPS) is 11.2. The molecule has 0 fully saturated rings. The van der Waals surface area contributed by atoms with Gasteiger partial charge >= 0.3 is 0 Å². The number of thioether (sulfide) groups is 1. The van der Waals surface area contributed by atoms with E-state index < -0.39 is 0 Å². The number of benzene rings is 2. The second kappa shape index (κ2) is 6.97. The lowest BCUT2D eigenvalue weighted by Gasteiger charge is -2.05. The van der Waals surface area contributed by atoms with E-state index in [4.69, 9.17) is 11.6 Å². The zero-order valence-electron chi connectivity index (χ0n) is 13.9. The summed E-state index contributed by atoms with van der Waals surface area (Å²) in [7, 11) is 0. The first kappa shape index (κ1) is 16.9. The molecule has 130 valence electrons. The standard InChI is InChI=1S/C19H15ClN4OS/c1-12-4-2-7-15(8-12)24-17-16(10-21-24)18(25)23-19(22-17)26-11-13-5-3-6-14(20)9-13/h2-10H,11H2,1H3,(H,22,23,25). The van der Waals surface area contributed by atoms with Crippen LogP contribution in [0.1, 0.15) is 11.1 Å². The molecule has 5 nitrogen and oxygen atoms in total. The van der Waals surface area contributed by atoms with Crippen LogP contribution in [0.4, 0.5) is 0 Å². The average Bonchev–Trinajstić information content (AvgIpc) is 3.05. The number of nitrogens with zero attached hydrogens (tertiary/aromatic N) is 3. The van der Waals surface area contributed by atoms with Crippen LogP contribution in [-0.2, 0) is 5.75 Å². The Kier molecular flexibility index (Phi) is 4.53. The van der Waals surface area contributed by atoms with Crippen molar-refractivity contribution in [3.05, 3.63) is 81.2 Å². The molecule has 0 aliphatic carbocycles. The molecule has 0 bridgehead atoms. The average molecular weight is 383 g/mol. The fraction of sp³-hybridized carbons (Fsp3) is 0.105. The smallest absolute Gasteiger partial charge is 0.262 e. The van der Waals surface area contributed by atoms with E-state index in [-0.39, 0.29) is 5.56 Å². The topological polar surface area (TPSA) is 63.6 Å². The molecule has 0 aliphatic rings. The largest absolute Gasteiger partial charge is 0.301 e. The Morgan fingerprint density at radius 1 is 1.19 bits per heavy atom. The molecule has 0 radical (unpaired) electrons. The third-order valence-corrected chi connectivity index (χ3v) is 5.11. The first-order valence-corrected chi connectivity index (χ1v) is 9.39. The quantitative estimate of drug-likeness (QED) is 0.420. The number of aromatic nitrogens is 4. The van der Waals surface area contributed by atoms with Crippen molar-refractivity contribution in [1.82, 2.24) is 19.7 Å². The van der Waals surface area contributed by atoms with Crippen molar-refractivity contribution < 1.29 is 0 Å². The van der Waals surface area contributed by atoms with Gasteiger partial charge in [0.25, 0.3) is 5.56 Å². The minimum atomic E-state index is -0.192. The fourth-order valence-electron chi connectivity index (χ4n) is 2.69. The Bertz CT molecular complexity index is 1150. The van der Waals surface area contributed by atoms with E-state index in [0.29, 0.717) is 27.0 Å². The summed E-state index contributed by atoms with van der Waals surface area (Å²) in [6.45, 7) is 2.02. The van der Waals surface area contributed by atoms with Gasteiger partial charge in [-0.2, -0.15) is 5.10 Å². The summed E-state index contributed by atoms with van der Waals surface area (Å²) < 4.78 is 1.70. The zero-order chi connectivity index (χ0) is 18.1. The summed E-state index contributed by atoms with van der Waals surface area (Å²) in [4.78, 5) is 19.8. The van der Waals surface area contributed by atoms with Crippen molar-refractivity contribution in [1.29, 1.82) is 0 Å². The number of aryl methyl sites for hydroxylation is 1. The number of hydrogen-bond acceptors (Lipinski definition) is 4. The highest BCUT2D eigenvalue weighted by Crippen LogP contribution is 2.22. The third kappa shape index (κ3) is 3.38. The second-order valence-corrected chi connectivity index (χ2v) is 7.32. The first-order valence-electron chi connectivity index (χ1n) is 8.02. The van der Waals surface area contributed by atoms with E-state index in [1.54, 1.807) is 10.9 Å². The fourth-order valence-corrected chi connectivity index (χ4v) is 3.71. The predicted octanol–water partition coefficient (Wildman–Crippen LogP) is 4.36. The maximum Gasteiger partial charge on any atom is 0.262 e. The van der Waals surface area contributed by atoms with Gasteiger partial charge in [-0.1, -0.05) is 47.6 Å². The molecule has 0 amide bonds. The van der Waals surface area contributed by atoms with E-state index in [1.165, 1.54) is 11.8 Å². The summed E-state index contributed by atoms with van der Waals surface area (Å²) in [5, 5.41) is 6.06. The van der Waals surface area contributed by atoms with Crippen LogP contribution in [0.5, 0.6) is 0 Å². The highest BCUT2D eigenvalue weighted by Gasteiger charge is 2.12. The molecule has 0 saturated heterocycles.